The highest BCUT2D eigenvalue weighted by Crippen LogP contribution is 2.18. The molecule has 0 aromatic carbocycles. The fourth-order valence-corrected chi connectivity index (χ4v) is 1.32. The van der Waals surface area contributed by atoms with E-state index in [1.54, 1.807) is 0 Å². The Morgan fingerprint density at radius 2 is 2.53 bits per heavy atom. The van der Waals surface area contributed by atoms with Crippen molar-refractivity contribution in [1.29, 1.82) is 0 Å². The van der Waals surface area contributed by atoms with Crippen LogP contribution in [0.5, 0.6) is 0 Å². The summed E-state index contributed by atoms with van der Waals surface area (Å²) in [5, 5.41) is 7.32. The lowest BCUT2D eigenvalue weighted by Gasteiger charge is -2.01. The predicted octanol–water partition coefficient (Wildman–Crippen LogP) is 0.470. The van der Waals surface area contributed by atoms with Gasteiger partial charge in [0.2, 0.25) is 0 Å². The summed E-state index contributed by atoms with van der Waals surface area (Å²) in [5.74, 6) is 0.543. The zero-order valence-electron chi connectivity index (χ0n) is 8.98. The van der Waals surface area contributed by atoms with Gasteiger partial charge in [-0.25, -0.2) is 4.99 Å². The lowest BCUT2D eigenvalue weighted by Crippen LogP contribution is -2.33. The van der Waals surface area contributed by atoms with Gasteiger partial charge in [0.15, 0.2) is 5.96 Å². The molecule has 5 nitrogen and oxygen atoms in total. The number of nitrogens with two attached hydrogens (primary N) is 1. The lowest BCUT2D eigenvalue weighted by molar-refractivity contribution is 0.659. The van der Waals surface area contributed by atoms with Crippen LogP contribution in [0.1, 0.15) is 25.3 Å². The highest BCUT2D eigenvalue weighted by molar-refractivity contribution is 5.78. The molecule has 5 heteroatoms. The van der Waals surface area contributed by atoms with Gasteiger partial charge in [0.1, 0.15) is 0 Å². The standard InChI is InChI=1S/C10H17N5/c1-2-15-7-8(6-13-15)5-12-10(11)14-9-3-4-9/h6-7,9H,2-5H2,1H3,(H3,11,12,14). The zero-order valence-corrected chi connectivity index (χ0v) is 8.98. The third-order valence-electron chi connectivity index (χ3n) is 2.37. The van der Waals surface area contributed by atoms with E-state index < -0.39 is 0 Å². The molecule has 1 aromatic rings. The molecule has 2 rings (SSSR count). The van der Waals surface area contributed by atoms with Crippen molar-refractivity contribution in [3.63, 3.8) is 0 Å². The van der Waals surface area contributed by atoms with E-state index in [0.29, 0.717) is 18.5 Å². The largest absolute Gasteiger partial charge is 0.370 e. The second kappa shape index (κ2) is 4.33. The van der Waals surface area contributed by atoms with Gasteiger partial charge in [0.25, 0.3) is 0 Å². The van der Waals surface area contributed by atoms with Gasteiger partial charge in [0, 0.05) is 24.3 Å². The molecule has 1 fully saturated rings. The van der Waals surface area contributed by atoms with Crippen LogP contribution in [0.2, 0.25) is 0 Å². The number of nitrogens with zero attached hydrogens (tertiary/aromatic N) is 3. The SMILES string of the molecule is CCn1cc(CN=C(N)NC2CC2)cn1. The molecular formula is C10H17N5. The third kappa shape index (κ3) is 2.97. The Bertz CT molecular complexity index is 350. The normalized spacial score (nSPS) is 16.7. The second-order valence-corrected chi connectivity index (χ2v) is 3.82. The van der Waals surface area contributed by atoms with Crippen LogP contribution in [0.15, 0.2) is 17.4 Å². The van der Waals surface area contributed by atoms with Gasteiger partial charge in [-0.3, -0.25) is 4.68 Å². The van der Waals surface area contributed by atoms with Crippen molar-refractivity contribution in [2.45, 2.75) is 38.9 Å². The molecular weight excluding hydrogens is 190 g/mol. The second-order valence-electron chi connectivity index (χ2n) is 3.82. The van der Waals surface area contributed by atoms with Crippen LogP contribution < -0.4 is 11.1 Å². The summed E-state index contributed by atoms with van der Waals surface area (Å²) in [6.07, 6.45) is 6.25. The van der Waals surface area contributed by atoms with Crippen molar-refractivity contribution >= 4 is 5.96 Å². The molecule has 0 unspecified atom stereocenters. The molecule has 1 saturated carbocycles. The van der Waals surface area contributed by atoms with Crippen LogP contribution >= 0.6 is 0 Å². The van der Waals surface area contributed by atoms with E-state index in [-0.39, 0.29) is 0 Å². The molecule has 1 aliphatic rings. The summed E-state index contributed by atoms with van der Waals surface area (Å²) in [6.45, 7) is 3.55. The summed E-state index contributed by atoms with van der Waals surface area (Å²) in [5.41, 5.74) is 6.81. The number of nitrogens with one attached hydrogen (secondary N) is 1. The van der Waals surface area contributed by atoms with Gasteiger partial charge in [-0.15, -0.1) is 0 Å². The van der Waals surface area contributed by atoms with E-state index in [1.165, 1.54) is 12.8 Å². The molecule has 0 aliphatic heterocycles. The average molecular weight is 207 g/mol. The fraction of sp³-hybridized carbons (Fsp3) is 0.600. The van der Waals surface area contributed by atoms with Gasteiger partial charge >= 0.3 is 0 Å². The highest BCUT2D eigenvalue weighted by atomic mass is 15.3. The topological polar surface area (TPSA) is 68.2 Å². The molecule has 0 radical (unpaired) electrons. The van der Waals surface area contributed by atoms with Crippen molar-refractivity contribution in [3.05, 3.63) is 18.0 Å². The maximum Gasteiger partial charge on any atom is 0.189 e. The maximum atomic E-state index is 5.71. The summed E-state index contributed by atoms with van der Waals surface area (Å²) in [6, 6.07) is 0.562. The Morgan fingerprint density at radius 1 is 1.73 bits per heavy atom. The van der Waals surface area contributed by atoms with E-state index in [2.05, 4.69) is 22.3 Å². The van der Waals surface area contributed by atoms with E-state index >= 15 is 0 Å². The zero-order chi connectivity index (χ0) is 10.7. The summed E-state index contributed by atoms with van der Waals surface area (Å²) >= 11 is 0. The Morgan fingerprint density at radius 3 is 3.13 bits per heavy atom. The van der Waals surface area contributed by atoms with Crippen molar-refractivity contribution in [2.24, 2.45) is 10.7 Å². The van der Waals surface area contributed by atoms with E-state index in [9.17, 15) is 0 Å². The Hall–Kier alpha value is -1.52. The molecule has 1 heterocycles. The van der Waals surface area contributed by atoms with Crippen LogP contribution in [-0.4, -0.2) is 21.8 Å². The molecule has 0 bridgehead atoms. The molecule has 0 spiro atoms. The predicted molar refractivity (Wildman–Crippen MR) is 59.4 cm³/mol. The first-order valence-corrected chi connectivity index (χ1v) is 5.35. The number of rotatable bonds is 4. The van der Waals surface area contributed by atoms with Crippen molar-refractivity contribution in [1.82, 2.24) is 15.1 Å². The van der Waals surface area contributed by atoms with Crippen LogP contribution in [0, 0.1) is 0 Å². The minimum Gasteiger partial charge on any atom is -0.370 e. The number of aryl methyl sites for hydroxylation is 1. The molecule has 1 aliphatic carbocycles. The molecule has 1 aromatic heterocycles. The molecule has 0 saturated heterocycles. The van der Waals surface area contributed by atoms with Gasteiger partial charge in [-0.05, 0) is 19.8 Å². The lowest BCUT2D eigenvalue weighted by atomic mass is 10.4. The minimum absolute atomic E-state index is 0.543. The van der Waals surface area contributed by atoms with Crippen molar-refractivity contribution in [2.75, 3.05) is 0 Å². The number of aliphatic imine (C=N–C) groups is 1. The van der Waals surface area contributed by atoms with Gasteiger partial charge in [-0.2, -0.15) is 5.10 Å². The van der Waals surface area contributed by atoms with Crippen LogP contribution in [0.25, 0.3) is 0 Å². The number of hydrogen-bond donors (Lipinski definition) is 2. The first-order chi connectivity index (χ1) is 7.28. The van der Waals surface area contributed by atoms with Gasteiger partial charge in [-0.1, -0.05) is 0 Å². The number of guanidine groups is 1. The average Bonchev–Trinajstić information content (AvgIpc) is 2.92. The third-order valence-corrected chi connectivity index (χ3v) is 2.37. The Kier molecular flexibility index (Phi) is 2.89. The monoisotopic (exact) mass is 207 g/mol. The Labute approximate surface area is 89.4 Å². The fourth-order valence-electron chi connectivity index (χ4n) is 1.32. The molecule has 3 N–H and O–H groups in total. The van der Waals surface area contributed by atoms with Crippen molar-refractivity contribution in [3.8, 4) is 0 Å². The van der Waals surface area contributed by atoms with E-state index in [4.69, 9.17) is 5.73 Å². The van der Waals surface area contributed by atoms with Crippen LogP contribution in [0.4, 0.5) is 0 Å². The molecule has 0 atom stereocenters. The van der Waals surface area contributed by atoms with E-state index in [0.717, 1.165) is 12.1 Å². The van der Waals surface area contributed by atoms with Crippen LogP contribution in [-0.2, 0) is 13.1 Å². The highest BCUT2D eigenvalue weighted by Gasteiger charge is 2.21. The van der Waals surface area contributed by atoms with Gasteiger partial charge in [0.05, 0.1) is 12.7 Å². The first kappa shape index (κ1) is 10.0. The quantitative estimate of drug-likeness (QED) is 0.557. The molecule has 82 valence electrons. The van der Waals surface area contributed by atoms with E-state index in [1.807, 2.05) is 17.1 Å². The number of hydrogen-bond acceptors (Lipinski definition) is 2. The summed E-state index contributed by atoms with van der Waals surface area (Å²) in [4.78, 5) is 4.25. The summed E-state index contributed by atoms with van der Waals surface area (Å²) < 4.78 is 1.88. The smallest absolute Gasteiger partial charge is 0.189 e. The summed E-state index contributed by atoms with van der Waals surface area (Å²) in [7, 11) is 0. The molecule has 0 amide bonds. The minimum atomic E-state index is 0.543. The number of aromatic nitrogens is 2. The van der Waals surface area contributed by atoms with Crippen molar-refractivity contribution < 1.29 is 0 Å². The van der Waals surface area contributed by atoms with Crippen LogP contribution in [0.3, 0.4) is 0 Å². The van der Waals surface area contributed by atoms with Gasteiger partial charge < -0.3 is 11.1 Å². The first-order valence-electron chi connectivity index (χ1n) is 5.35. The molecule has 15 heavy (non-hydrogen) atoms. The maximum absolute atomic E-state index is 5.71. The Balaban J connectivity index is 1.84.